The number of aromatic nitrogens is 2. The summed E-state index contributed by atoms with van der Waals surface area (Å²) in [6.07, 6.45) is -0.762. The van der Waals surface area contributed by atoms with Gasteiger partial charge in [0.1, 0.15) is 17.8 Å². The quantitative estimate of drug-likeness (QED) is 0.197. The number of likely N-dealkylation sites (tertiary alicyclic amines) is 1. The number of aryl methyl sites for hydroxylation is 1. The number of ether oxygens (including phenoxy) is 2. The van der Waals surface area contributed by atoms with Crippen molar-refractivity contribution in [2.75, 3.05) is 44.4 Å². The van der Waals surface area contributed by atoms with Crippen LogP contribution in [0.2, 0.25) is 0 Å². The maximum Gasteiger partial charge on any atom is 0.258 e. The van der Waals surface area contributed by atoms with Crippen molar-refractivity contribution in [2.45, 2.75) is 65.3 Å². The van der Waals surface area contributed by atoms with E-state index in [-0.39, 0.29) is 31.5 Å². The molecule has 0 saturated carbocycles. The van der Waals surface area contributed by atoms with Gasteiger partial charge in [0.05, 0.1) is 47.1 Å². The Morgan fingerprint density at radius 3 is 2.37 bits per heavy atom. The van der Waals surface area contributed by atoms with E-state index in [1.807, 2.05) is 81.9 Å². The van der Waals surface area contributed by atoms with Gasteiger partial charge in [0.2, 0.25) is 11.8 Å². The van der Waals surface area contributed by atoms with Gasteiger partial charge in [-0.05, 0) is 54.7 Å². The molecule has 2 aromatic carbocycles. The molecule has 4 heterocycles. The molecule has 2 aromatic heterocycles. The molecule has 12 nitrogen and oxygen atoms in total. The summed E-state index contributed by atoms with van der Waals surface area (Å²) in [5.74, 6) is -0.764. The first-order chi connectivity index (χ1) is 24.9. The molecule has 14 heteroatoms. The second-order valence-electron chi connectivity index (χ2n) is 14.3. The fourth-order valence-electron chi connectivity index (χ4n) is 6.39. The molecule has 0 bridgehead atoms. The molecule has 3 N–H and O–H groups in total. The Labute approximate surface area is 312 Å². The summed E-state index contributed by atoms with van der Waals surface area (Å²) in [6.45, 7) is 12.1. The van der Waals surface area contributed by atoms with Gasteiger partial charge < -0.3 is 35.0 Å². The third kappa shape index (κ3) is 8.80. The van der Waals surface area contributed by atoms with Crippen molar-refractivity contribution in [3.8, 4) is 27.4 Å². The second kappa shape index (κ2) is 16.1. The van der Waals surface area contributed by atoms with Crippen molar-refractivity contribution >= 4 is 45.5 Å². The van der Waals surface area contributed by atoms with Crippen LogP contribution >= 0.6 is 22.7 Å². The Morgan fingerprint density at radius 1 is 1.02 bits per heavy atom. The number of anilines is 1. The highest BCUT2D eigenvalue weighted by atomic mass is 32.1. The fourth-order valence-corrected chi connectivity index (χ4v) is 8.09. The lowest BCUT2D eigenvalue weighted by Crippen LogP contribution is -2.58. The van der Waals surface area contributed by atoms with Crippen molar-refractivity contribution in [1.29, 1.82) is 0 Å². The van der Waals surface area contributed by atoms with Gasteiger partial charge in [-0.1, -0.05) is 45.0 Å². The Morgan fingerprint density at radius 2 is 1.71 bits per heavy atom. The maximum atomic E-state index is 14.0. The van der Waals surface area contributed by atoms with E-state index >= 15 is 0 Å². The van der Waals surface area contributed by atoms with Crippen molar-refractivity contribution in [3.63, 3.8) is 0 Å². The summed E-state index contributed by atoms with van der Waals surface area (Å²) < 4.78 is 11.2. The first-order valence-electron chi connectivity index (χ1n) is 17.5. The smallest absolute Gasteiger partial charge is 0.258 e. The third-order valence-corrected chi connectivity index (χ3v) is 11.2. The summed E-state index contributed by atoms with van der Waals surface area (Å²) in [5, 5.41) is 19.5. The minimum absolute atomic E-state index is 0.00752. The second-order valence-corrected chi connectivity index (χ2v) is 16.0. The molecule has 4 unspecified atom stereocenters. The number of carbonyl (C=O) groups is 3. The number of nitrogens with one attached hydrogen (secondary N) is 2. The summed E-state index contributed by atoms with van der Waals surface area (Å²) >= 11 is 3.18. The van der Waals surface area contributed by atoms with Gasteiger partial charge in [0, 0.05) is 37.0 Å². The van der Waals surface area contributed by atoms with E-state index in [4.69, 9.17) is 14.5 Å². The van der Waals surface area contributed by atoms with Crippen LogP contribution in [0, 0.1) is 12.3 Å². The lowest BCUT2D eigenvalue weighted by molar-refractivity contribution is -0.144. The van der Waals surface area contributed by atoms with E-state index in [9.17, 15) is 19.5 Å². The molecule has 0 spiro atoms. The monoisotopic (exact) mass is 746 g/mol. The Hall–Kier alpha value is -4.37. The largest absolute Gasteiger partial charge is 0.484 e. The van der Waals surface area contributed by atoms with E-state index in [0.29, 0.717) is 19.0 Å². The molecular formula is C38H46N6O6S2. The molecule has 2 fully saturated rings. The first kappa shape index (κ1) is 37.4. The van der Waals surface area contributed by atoms with E-state index in [1.54, 1.807) is 34.8 Å². The fraction of sp³-hybridized carbons (Fsp3) is 0.447. The highest BCUT2D eigenvalue weighted by Crippen LogP contribution is 2.31. The lowest BCUT2D eigenvalue weighted by atomic mass is 9.85. The van der Waals surface area contributed by atoms with Crippen LogP contribution < -0.4 is 20.3 Å². The van der Waals surface area contributed by atoms with E-state index in [0.717, 1.165) is 51.2 Å². The van der Waals surface area contributed by atoms with E-state index in [2.05, 4.69) is 20.5 Å². The molecule has 2 aliphatic rings. The molecule has 4 aromatic rings. The van der Waals surface area contributed by atoms with Gasteiger partial charge in [-0.15, -0.1) is 22.7 Å². The van der Waals surface area contributed by atoms with Gasteiger partial charge in [-0.3, -0.25) is 14.4 Å². The maximum absolute atomic E-state index is 14.0. The number of thiazole rings is 2. The number of carbonyl (C=O) groups excluding carboxylic acids is 3. The average Bonchev–Trinajstić information content (AvgIpc) is 3.90. The summed E-state index contributed by atoms with van der Waals surface area (Å²) in [7, 11) is 0. The number of β-amino-alcohol motifs (C(OH)–C–C–N with tert-alkyl or cyclic N) is 1. The summed E-state index contributed by atoms with van der Waals surface area (Å²) in [6, 6.07) is 13.1. The zero-order valence-corrected chi connectivity index (χ0v) is 31.8. The topological polar surface area (TPSA) is 146 Å². The minimum Gasteiger partial charge on any atom is -0.484 e. The Bertz CT molecular complexity index is 1850. The normalized spacial score (nSPS) is 18.9. The van der Waals surface area contributed by atoms with Crippen LogP contribution in [0.3, 0.4) is 0 Å². The van der Waals surface area contributed by atoms with Gasteiger partial charge in [-0.25, -0.2) is 9.97 Å². The number of hydrogen-bond acceptors (Lipinski definition) is 11. The minimum atomic E-state index is -0.961. The van der Waals surface area contributed by atoms with Crippen LogP contribution in [0.5, 0.6) is 5.75 Å². The van der Waals surface area contributed by atoms with Gasteiger partial charge in [0.15, 0.2) is 11.7 Å². The zero-order chi connectivity index (χ0) is 37.0. The van der Waals surface area contributed by atoms with Crippen LogP contribution in [0.15, 0.2) is 59.4 Å². The SMILES string of the molecule is Cc1ncsc1-c1ccc(C(C)NC(=O)C2CC(O)CN2C(=O)C(NC(=O)COc2ccc(-c3csc(N4CCOCC4)n3)cc2)C(C)(C)C)cc1. The number of amides is 3. The van der Waals surface area contributed by atoms with Gasteiger partial charge >= 0.3 is 0 Å². The van der Waals surface area contributed by atoms with Crippen LogP contribution in [0.4, 0.5) is 5.13 Å². The molecule has 4 atom stereocenters. The lowest BCUT2D eigenvalue weighted by Gasteiger charge is -2.35. The van der Waals surface area contributed by atoms with Crippen LogP contribution in [0.25, 0.3) is 21.7 Å². The number of aliphatic hydroxyl groups excluding tert-OH is 1. The van der Waals surface area contributed by atoms with Gasteiger partial charge in [0.25, 0.3) is 5.91 Å². The zero-order valence-electron chi connectivity index (χ0n) is 30.1. The van der Waals surface area contributed by atoms with Crippen LogP contribution in [0.1, 0.15) is 51.4 Å². The molecule has 2 aliphatic heterocycles. The van der Waals surface area contributed by atoms with E-state index < -0.39 is 35.4 Å². The highest BCUT2D eigenvalue weighted by Gasteiger charge is 2.44. The number of benzene rings is 2. The van der Waals surface area contributed by atoms with Crippen molar-refractivity contribution < 1.29 is 29.0 Å². The number of rotatable bonds is 11. The van der Waals surface area contributed by atoms with Gasteiger partial charge in [-0.2, -0.15) is 0 Å². The number of hydrogen-bond donors (Lipinski definition) is 3. The molecule has 2 saturated heterocycles. The average molecular weight is 747 g/mol. The predicted octanol–water partition coefficient (Wildman–Crippen LogP) is 4.83. The summed E-state index contributed by atoms with van der Waals surface area (Å²) in [4.78, 5) is 54.6. The van der Waals surface area contributed by atoms with Crippen molar-refractivity contribution in [2.24, 2.45) is 5.41 Å². The summed E-state index contributed by atoms with van der Waals surface area (Å²) in [5.41, 5.74) is 5.87. The number of nitrogens with zero attached hydrogens (tertiary/aromatic N) is 4. The molecular weight excluding hydrogens is 701 g/mol. The first-order valence-corrected chi connectivity index (χ1v) is 19.2. The molecule has 3 amide bonds. The third-order valence-electron chi connectivity index (χ3n) is 9.35. The number of aliphatic hydroxyl groups is 1. The Kier molecular flexibility index (Phi) is 11.6. The molecule has 0 radical (unpaired) electrons. The molecule has 276 valence electrons. The molecule has 52 heavy (non-hydrogen) atoms. The Balaban J connectivity index is 1.04. The molecule has 6 rings (SSSR count). The van der Waals surface area contributed by atoms with Crippen LogP contribution in [-0.4, -0.2) is 95.3 Å². The standard InChI is InChI=1S/C38H46N6O6S2/c1-23(25-6-8-27(9-7-25)33-24(2)39-22-52-33)40-35(47)31-18-28(45)19-44(31)36(48)34(38(3,4)5)42-32(46)20-50-29-12-10-26(11-13-29)30-21-51-37(41-30)43-14-16-49-17-15-43/h6-13,21-23,28,31,34,45H,14-20H2,1-5H3,(H,40,47)(H,42,46). The highest BCUT2D eigenvalue weighted by molar-refractivity contribution is 7.14. The van der Waals surface area contributed by atoms with Crippen LogP contribution in [-0.2, 0) is 19.1 Å². The van der Waals surface area contributed by atoms with E-state index in [1.165, 1.54) is 4.90 Å². The molecule has 0 aliphatic carbocycles. The predicted molar refractivity (Wildman–Crippen MR) is 202 cm³/mol. The van der Waals surface area contributed by atoms with Crippen molar-refractivity contribution in [3.05, 3.63) is 70.7 Å². The van der Waals surface area contributed by atoms with Crippen molar-refractivity contribution in [1.82, 2.24) is 25.5 Å². The number of morpholine rings is 1.